The third kappa shape index (κ3) is 3.45. The fourth-order valence-electron chi connectivity index (χ4n) is 4.77. The number of piperidine rings is 1. The summed E-state index contributed by atoms with van der Waals surface area (Å²) in [4.78, 5) is 15.4. The van der Waals surface area contributed by atoms with Crippen molar-refractivity contribution in [2.24, 2.45) is 5.92 Å². The second kappa shape index (κ2) is 7.32. The largest absolute Gasteiger partial charge is 0.299 e. The molecule has 2 heterocycles. The van der Waals surface area contributed by atoms with Crippen LogP contribution in [0.2, 0.25) is 0 Å². The predicted molar refractivity (Wildman–Crippen MR) is 101 cm³/mol. The monoisotopic (exact) mass is 351 g/mol. The van der Waals surface area contributed by atoms with Gasteiger partial charge in [-0.3, -0.25) is 9.69 Å². The normalized spacial score (nSPS) is 25.4. The van der Waals surface area contributed by atoms with Gasteiger partial charge in [0.2, 0.25) is 0 Å². The summed E-state index contributed by atoms with van der Waals surface area (Å²) in [5.74, 6) is 0.0792. The van der Waals surface area contributed by atoms with Crippen molar-refractivity contribution in [3.8, 4) is 0 Å². The lowest BCUT2D eigenvalue weighted by molar-refractivity contribution is -0.124. The number of rotatable bonds is 5. The van der Waals surface area contributed by atoms with Crippen LogP contribution in [0.25, 0.3) is 0 Å². The van der Waals surface area contributed by atoms with Crippen molar-refractivity contribution in [2.75, 3.05) is 0 Å². The Kier molecular flexibility index (Phi) is 4.90. The van der Waals surface area contributed by atoms with Crippen LogP contribution in [0.3, 0.4) is 0 Å². The number of hydrogen-bond acceptors (Lipinski definition) is 2. The summed E-state index contributed by atoms with van der Waals surface area (Å²) < 4.78 is 14.2. The number of ketones is 1. The minimum Gasteiger partial charge on any atom is -0.299 e. The second-order valence-corrected chi connectivity index (χ2v) is 7.90. The number of halogens is 1. The van der Waals surface area contributed by atoms with Gasteiger partial charge < -0.3 is 0 Å². The molecular formula is C23H26FNO. The molecule has 0 amide bonds. The number of nitrogens with zero attached hydrogens (tertiary/aromatic N) is 1. The average molecular weight is 351 g/mol. The van der Waals surface area contributed by atoms with Gasteiger partial charge in [-0.05, 0) is 49.3 Å². The fraction of sp³-hybridized carbons (Fsp3) is 0.435. The van der Waals surface area contributed by atoms with Gasteiger partial charge in [0.25, 0.3) is 0 Å². The minimum absolute atomic E-state index is 0.0828. The number of benzene rings is 2. The lowest BCUT2D eigenvalue weighted by Crippen LogP contribution is -2.44. The molecule has 4 rings (SSSR count). The van der Waals surface area contributed by atoms with Crippen molar-refractivity contribution in [3.05, 3.63) is 71.0 Å². The molecule has 0 spiro atoms. The van der Waals surface area contributed by atoms with Crippen molar-refractivity contribution in [1.29, 1.82) is 0 Å². The fourth-order valence-corrected chi connectivity index (χ4v) is 4.77. The Bertz CT molecular complexity index is 774. The van der Waals surface area contributed by atoms with Crippen LogP contribution in [0.5, 0.6) is 0 Å². The van der Waals surface area contributed by atoms with E-state index in [2.05, 4.69) is 29.2 Å². The van der Waals surface area contributed by atoms with E-state index in [0.717, 1.165) is 19.4 Å². The van der Waals surface area contributed by atoms with Crippen LogP contribution in [0.15, 0.2) is 48.5 Å². The summed E-state index contributed by atoms with van der Waals surface area (Å²) in [6, 6.07) is 16.9. The van der Waals surface area contributed by atoms with Crippen LogP contribution >= 0.6 is 0 Å². The predicted octanol–water partition coefficient (Wildman–Crippen LogP) is 4.69. The van der Waals surface area contributed by atoms with E-state index in [9.17, 15) is 9.18 Å². The minimum atomic E-state index is -0.217. The smallest absolute Gasteiger partial charge is 0.140 e. The molecule has 26 heavy (non-hydrogen) atoms. The van der Waals surface area contributed by atoms with E-state index in [4.69, 9.17) is 0 Å². The zero-order chi connectivity index (χ0) is 18.1. The maximum Gasteiger partial charge on any atom is 0.140 e. The zero-order valence-electron chi connectivity index (χ0n) is 15.3. The maximum atomic E-state index is 14.2. The van der Waals surface area contributed by atoms with Crippen molar-refractivity contribution < 1.29 is 9.18 Å². The highest BCUT2D eigenvalue weighted by molar-refractivity contribution is 5.83. The molecule has 2 aliphatic heterocycles. The van der Waals surface area contributed by atoms with E-state index in [-0.39, 0.29) is 23.9 Å². The summed E-state index contributed by atoms with van der Waals surface area (Å²) in [7, 11) is 0. The zero-order valence-corrected chi connectivity index (χ0v) is 15.3. The maximum absolute atomic E-state index is 14.2. The molecule has 0 saturated carbocycles. The SMILES string of the molecule is Cc1cccc(CC(=O)C2CC3CCC(C2)N3Cc2ccccc2)c1F. The number of carbonyl (C=O) groups excluding carboxylic acids is 1. The van der Waals surface area contributed by atoms with Gasteiger partial charge in [-0.15, -0.1) is 0 Å². The van der Waals surface area contributed by atoms with Crippen LogP contribution in [-0.2, 0) is 17.8 Å². The van der Waals surface area contributed by atoms with Gasteiger partial charge in [0, 0.05) is 31.0 Å². The Hall–Kier alpha value is -2.00. The first-order valence-corrected chi connectivity index (χ1v) is 9.68. The third-order valence-electron chi connectivity index (χ3n) is 6.18. The molecule has 2 atom stereocenters. The molecule has 2 bridgehead atoms. The molecule has 3 heteroatoms. The molecule has 2 unspecified atom stereocenters. The topological polar surface area (TPSA) is 20.3 Å². The molecule has 0 aliphatic carbocycles. The van der Waals surface area contributed by atoms with Crippen LogP contribution in [0, 0.1) is 18.7 Å². The van der Waals surface area contributed by atoms with Gasteiger partial charge in [-0.1, -0.05) is 48.5 Å². The third-order valence-corrected chi connectivity index (χ3v) is 6.18. The van der Waals surface area contributed by atoms with Crippen LogP contribution in [-0.4, -0.2) is 22.8 Å². The number of carbonyl (C=O) groups is 1. The van der Waals surface area contributed by atoms with Crippen LogP contribution in [0.1, 0.15) is 42.4 Å². The van der Waals surface area contributed by atoms with Crippen LogP contribution in [0.4, 0.5) is 4.39 Å². The Balaban J connectivity index is 1.42. The standard InChI is InChI=1S/C23H26FNO/c1-16-6-5-9-18(23(16)24)14-22(26)19-12-20-10-11-21(13-19)25(20)15-17-7-3-2-4-8-17/h2-9,19-21H,10-15H2,1H3. The molecule has 0 N–H and O–H groups in total. The van der Waals surface area contributed by atoms with Crippen molar-refractivity contribution >= 4 is 5.78 Å². The summed E-state index contributed by atoms with van der Waals surface area (Å²) in [5, 5.41) is 0. The Labute approximate surface area is 155 Å². The Morgan fingerprint density at radius 2 is 1.73 bits per heavy atom. The van der Waals surface area contributed by atoms with E-state index >= 15 is 0 Å². The van der Waals surface area contributed by atoms with E-state index < -0.39 is 0 Å². The summed E-state index contributed by atoms with van der Waals surface area (Å²) in [6.07, 6.45) is 4.45. The summed E-state index contributed by atoms with van der Waals surface area (Å²) in [6.45, 7) is 2.73. The lowest BCUT2D eigenvalue weighted by atomic mass is 9.84. The van der Waals surface area contributed by atoms with Gasteiger partial charge in [0.15, 0.2) is 0 Å². The molecule has 2 aromatic rings. The first-order chi connectivity index (χ1) is 12.6. The van der Waals surface area contributed by atoms with Crippen molar-refractivity contribution in [2.45, 2.75) is 57.7 Å². The van der Waals surface area contributed by atoms with E-state index in [1.807, 2.05) is 12.1 Å². The quantitative estimate of drug-likeness (QED) is 0.779. The molecule has 2 fully saturated rings. The number of fused-ring (bicyclic) bond motifs is 2. The summed E-state index contributed by atoms with van der Waals surface area (Å²) >= 11 is 0. The van der Waals surface area contributed by atoms with Crippen molar-refractivity contribution in [3.63, 3.8) is 0 Å². The highest BCUT2D eigenvalue weighted by atomic mass is 19.1. The van der Waals surface area contributed by atoms with E-state index in [1.54, 1.807) is 19.1 Å². The first-order valence-electron chi connectivity index (χ1n) is 9.68. The van der Waals surface area contributed by atoms with E-state index in [0.29, 0.717) is 23.2 Å². The highest BCUT2D eigenvalue weighted by Crippen LogP contribution is 2.40. The molecule has 2 aliphatic rings. The van der Waals surface area contributed by atoms with Gasteiger partial charge >= 0.3 is 0 Å². The van der Waals surface area contributed by atoms with Crippen molar-refractivity contribution in [1.82, 2.24) is 4.90 Å². The highest BCUT2D eigenvalue weighted by Gasteiger charge is 2.42. The van der Waals surface area contributed by atoms with Gasteiger partial charge in [-0.2, -0.15) is 0 Å². The number of hydrogen-bond donors (Lipinski definition) is 0. The summed E-state index contributed by atoms with van der Waals surface area (Å²) in [5.41, 5.74) is 2.51. The molecule has 0 aromatic heterocycles. The lowest BCUT2D eigenvalue weighted by Gasteiger charge is -2.38. The van der Waals surface area contributed by atoms with E-state index in [1.165, 1.54) is 18.4 Å². The molecular weight excluding hydrogens is 325 g/mol. The van der Waals surface area contributed by atoms with Gasteiger partial charge in [0.1, 0.15) is 11.6 Å². The average Bonchev–Trinajstić information content (AvgIpc) is 2.88. The first kappa shape index (κ1) is 17.4. The Morgan fingerprint density at radius 1 is 1.04 bits per heavy atom. The molecule has 2 nitrogen and oxygen atoms in total. The number of aryl methyl sites for hydroxylation is 1. The molecule has 2 aromatic carbocycles. The second-order valence-electron chi connectivity index (χ2n) is 7.90. The molecule has 136 valence electrons. The van der Waals surface area contributed by atoms with Gasteiger partial charge in [-0.25, -0.2) is 4.39 Å². The Morgan fingerprint density at radius 3 is 2.42 bits per heavy atom. The molecule has 2 saturated heterocycles. The van der Waals surface area contributed by atoms with Crippen LogP contribution < -0.4 is 0 Å². The van der Waals surface area contributed by atoms with Gasteiger partial charge in [0.05, 0.1) is 0 Å². The molecule has 0 radical (unpaired) electrons. The number of Topliss-reactive ketones (excluding diaryl/α,β-unsaturated/α-hetero) is 1.